The summed E-state index contributed by atoms with van der Waals surface area (Å²) >= 11 is 6.71. The molecule has 2 N–H and O–H groups in total. The van der Waals surface area contributed by atoms with Gasteiger partial charge in [-0.15, -0.1) is 0 Å². The number of likely N-dealkylation sites (N-methyl/N-ethyl adjacent to an activating group) is 1. The van der Waals surface area contributed by atoms with Crippen LogP contribution in [-0.4, -0.2) is 53.3 Å². The molecule has 0 aliphatic carbocycles. The van der Waals surface area contributed by atoms with Gasteiger partial charge in [0.2, 0.25) is 5.91 Å². The van der Waals surface area contributed by atoms with Crippen molar-refractivity contribution in [2.45, 2.75) is 46.2 Å². The summed E-state index contributed by atoms with van der Waals surface area (Å²) in [6.07, 6.45) is 2.05. The first-order valence-corrected chi connectivity index (χ1v) is 10.2. The number of benzene rings is 1. The van der Waals surface area contributed by atoms with E-state index in [9.17, 15) is 4.79 Å². The monoisotopic (exact) mass is 403 g/mol. The molecule has 0 bridgehead atoms. The highest BCUT2D eigenvalue weighted by atomic mass is 35.5. The number of carbonyl (C=O) groups excluding carboxylic acids is 1. The van der Waals surface area contributed by atoms with Gasteiger partial charge in [-0.2, -0.15) is 5.10 Å². The molecule has 1 saturated heterocycles. The highest BCUT2D eigenvalue weighted by Crippen LogP contribution is 2.26. The van der Waals surface area contributed by atoms with Crippen LogP contribution >= 0.6 is 11.6 Å². The van der Waals surface area contributed by atoms with Crippen molar-refractivity contribution in [1.29, 1.82) is 0 Å². The first-order valence-electron chi connectivity index (χ1n) is 9.87. The second-order valence-electron chi connectivity index (χ2n) is 7.66. The van der Waals surface area contributed by atoms with Gasteiger partial charge in [-0.3, -0.25) is 9.69 Å². The zero-order valence-electron chi connectivity index (χ0n) is 17.2. The lowest BCUT2D eigenvalue weighted by molar-refractivity contribution is -0.122. The van der Waals surface area contributed by atoms with Gasteiger partial charge in [0.1, 0.15) is 5.15 Å². The summed E-state index contributed by atoms with van der Waals surface area (Å²) in [7, 11) is 1.68. The maximum absolute atomic E-state index is 11.5. The van der Waals surface area contributed by atoms with Crippen molar-refractivity contribution < 1.29 is 4.79 Å². The average molecular weight is 404 g/mol. The van der Waals surface area contributed by atoms with Crippen LogP contribution in [-0.2, 0) is 11.3 Å². The van der Waals surface area contributed by atoms with E-state index >= 15 is 0 Å². The zero-order valence-corrected chi connectivity index (χ0v) is 17.9. The van der Waals surface area contributed by atoms with Crippen molar-refractivity contribution in [3.8, 4) is 5.69 Å². The van der Waals surface area contributed by atoms with Gasteiger partial charge in [0.15, 0.2) is 0 Å². The minimum absolute atomic E-state index is 0.0765. The Hall–Kier alpha value is -1.89. The summed E-state index contributed by atoms with van der Waals surface area (Å²) in [5, 5.41) is 11.7. The van der Waals surface area contributed by atoms with Gasteiger partial charge in [0.05, 0.1) is 17.9 Å². The number of aryl methyl sites for hydroxylation is 3. The van der Waals surface area contributed by atoms with Gasteiger partial charge in [-0.25, -0.2) is 4.68 Å². The van der Waals surface area contributed by atoms with Crippen LogP contribution in [0.25, 0.3) is 5.69 Å². The largest absolute Gasteiger partial charge is 0.358 e. The summed E-state index contributed by atoms with van der Waals surface area (Å²) in [4.78, 5) is 13.7. The van der Waals surface area contributed by atoms with Crippen molar-refractivity contribution in [2.24, 2.45) is 0 Å². The molecular formula is C21H30ClN5O. The van der Waals surface area contributed by atoms with Gasteiger partial charge < -0.3 is 10.6 Å². The molecule has 2 aromatic rings. The molecule has 0 saturated carbocycles. The van der Waals surface area contributed by atoms with E-state index in [2.05, 4.69) is 47.6 Å². The maximum Gasteiger partial charge on any atom is 0.233 e. The van der Waals surface area contributed by atoms with Crippen LogP contribution in [0.15, 0.2) is 18.2 Å². The highest BCUT2D eigenvalue weighted by molar-refractivity contribution is 6.30. The number of amides is 1. The van der Waals surface area contributed by atoms with E-state index in [1.54, 1.807) is 7.05 Å². The first-order chi connectivity index (χ1) is 13.4. The Kier molecular flexibility index (Phi) is 6.75. The number of hydrogen-bond donors (Lipinski definition) is 2. The Balaban J connectivity index is 1.62. The number of carbonyl (C=O) groups is 1. The minimum Gasteiger partial charge on any atom is -0.358 e. The third-order valence-corrected chi connectivity index (χ3v) is 5.90. The maximum atomic E-state index is 11.5. The summed E-state index contributed by atoms with van der Waals surface area (Å²) in [5.41, 5.74) is 5.37. The van der Waals surface area contributed by atoms with Crippen LogP contribution in [0.3, 0.4) is 0 Å². The number of hydrogen-bond acceptors (Lipinski definition) is 4. The summed E-state index contributed by atoms with van der Waals surface area (Å²) in [6, 6.07) is 6.75. The number of piperidine rings is 1. The number of likely N-dealkylation sites (tertiary alicyclic amines) is 1. The van der Waals surface area contributed by atoms with Gasteiger partial charge >= 0.3 is 0 Å². The number of rotatable bonds is 6. The van der Waals surface area contributed by atoms with E-state index in [0.29, 0.717) is 24.3 Å². The fourth-order valence-corrected chi connectivity index (χ4v) is 4.00. The lowest BCUT2D eigenvalue weighted by atomic mass is 10.0. The van der Waals surface area contributed by atoms with Crippen LogP contribution in [0.4, 0.5) is 0 Å². The topological polar surface area (TPSA) is 62.2 Å². The zero-order chi connectivity index (χ0) is 20.3. The molecule has 7 heteroatoms. The third kappa shape index (κ3) is 4.74. The second-order valence-corrected chi connectivity index (χ2v) is 8.02. The smallest absolute Gasteiger partial charge is 0.233 e. The number of aromatic nitrogens is 2. The van der Waals surface area contributed by atoms with E-state index < -0.39 is 0 Å². The number of halogens is 1. The predicted molar refractivity (Wildman–Crippen MR) is 113 cm³/mol. The van der Waals surface area contributed by atoms with Crippen LogP contribution in [0, 0.1) is 20.8 Å². The highest BCUT2D eigenvalue weighted by Gasteiger charge is 2.22. The molecule has 1 aromatic carbocycles. The second kappa shape index (κ2) is 9.07. The predicted octanol–water partition coefficient (Wildman–Crippen LogP) is 2.75. The fourth-order valence-electron chi connectivity index (χ4n) is 3.66. The lowest BCUT2D eigenvalue weighted by Crippen LogP contribution is -2.45. The molecule has 1 aromatic heterocycles. The molecule has 3 rings (SSSR count). The fraction of sp³-hybridized carbons (Fsp3) is 0.524. The van der Waals surface area contributed by atoms with Crippen molar-refractivity contribution in [1.82, 2.24) is 25.3 Å². The van der Waals surface area contributed by atoms with Crippen molar-refractivity contribution in [3.05, 3.63) is 45.7 Å². The van der Waals surface area contributed by atoms with Crippen molar-refractivity contribution in [2.75, 3.05) is 26.7 Å². The molecule has 0 radical (unpaired) electrons. The molecule has 0 unspecified atom stereocenters. The molecular weight excluding hydrogens is 374 g/mol. The Labute approximate surface area is 172 Å². The van der Waals surface area contributed by atoms with E-state index in [1.807, 2.05) is 11.6 Å². The standard InChI is InChI=1S/C21H30ClN5O/c1-14-5-6-15(2)19(11-14)27-21(22)18(16(3)25-27)12-24-17-7-9-26(10-8-17)13-20(28)23-4/h5-6,11,17,24H,7-10,12-13H2,1-4H3,(H,23,28). The van der Waals surface area contributed by atoms with Gasteiger partial charge in [0, 0.05) is 38.3 Å². The Morgan fingerprint density at radius 3 is 2.64 bits per heavy atom. The average Bonchev–Trinajstić information content (AvgIpc) is 2.96. The minimum atomic E-state index is 0.0765. The van der Waals surface area contributed by atoms with E-state index in [1.165, 1.54) is 5.56 Å². The Morgan fingerprint density at radius 1 is 1.25 bits per heavy atom. The summed E-state index contributed by atoms with van der Waals surface area (Å²) in [5.74, 6) is 0.0765. The summed E-state index contributed by atoms with van der Waals surface area (Å²) in [6.45, 7) is 9.21. The molecule has 0 spiro atoms. The van der Waals surface area contributed by atoms with E-state index in [-0.39, 0.29) is 5.91 Å². The van der Waals surface area contributed by atoms with Crippen LogP contribution in [0.1, 0.15) is 35.2 Å². The molecule has 1 fully saturated rings. The van der Waals surface area contributed by atoms with Crippen LogP contribution in [0.2, 0.25) is 5.15 Å². The normalized spacial score (nSPS) is 15.8. The first kappa shape index (κ1) is 20.8. The summed E-state index contributed by atoms with van der Waals surface area (Å²) < 4.78 is 1.85. The van der Waals surface area contributed by atoms with Gasteiger partial charge in [-0.1, -0.05) is 23.7 Å². The molecule has 0 atom stereocenters. The van der Waals surface area contributed by atoms with E-state index in [0.717, 1.165) is 48.4 Å². The number of nitrogens with zero attached hydrogens (tertiary/aromatic N) is 3. The molecule has 152 valence electrons. The van der Waals surface area contributed by atoms with E-state index in [4.69, 9.17) is 16.7 Å². The molecule has 1 amide bonds. The molecule has 1 aliphatic rings. The molecule has 28 heavy (non-hydrogen) atoms. The van der Waals surface area contributed by atoms with Crippen LogP contribution in [0.5, 0.6) is 0 Å². The molecule has 1 aliphatic heterocycles. The quantitative estimate of drug-likeness (QED) is 0.778. The number of nitrogens with one attached hydrogen (secondary N) is 2. The molecule has 6 nitrogen and oxygen atoms in total. The van der Waals surface area contributed by atoms with Crippen molar-refractivity contribution in [3.63, 3.8) is 0 Å². The SMILES string of the molecule is CNC(=O)CN1CCC(NCc2c(C)nn(-c3cc(C)ccc3C)c2Cl)CC1. The van der Waals surface area contributed by atoms with Crippen LogP contribution < -0.4 is 10.6 Å². The van der Waals surface area contributed by atoms with Gasteiger partial charge in [-0.05, 0) is 50.8 Å². The van der Waals surface area contributed by atoms with Crippen molar-refractivity contribution >= 4 is 17.5 Å². The molecule has 2 heterocycles. The third-order valence-electron chi connectivity index (χ3n) is 5.52. The van der Waals surface area contributed by atoms with Gasteiger partial charge in [0.25, 0.3) is 0 Å². The lowest BCUT2D eigenvalue weighted by Gasteiger charge is -2.31. The Morgan fingerprint density at radius 2 is 1.96 bits per heavy atom. The Bertz CT molecular complexity index is 840.